The topological polar surface area (TPSA) is 29.3 Å². The molecule has 0 heterocycles. The Kier molecular flexibility index (Phi) is 6.57. The van der Waals surface area contributed by atoms with E-state index in [-0.39, 0.29) is 5.91 Å². The SMILES string of the molecule is C=[N+](CCOCC)C(=O)CCC. The molecule has 0 saturated carbocycles. The van der Waals surface area contributed by atoms with Gasteiger partial charge in [-0.2, -0.15) is 4.58 Å². The zero-order chi connectivity index (χ0) is 9.40. The minimum absolute atomic E-state index is 0.0946. The van der Waals surface area contributed by atoms with Crippen molar-refractivity contribution in [3.8, 4) is 0 Å². The van der Waals surface area contributed by atoms with Gasteiger partial charge in [0.25, 0.3) is 0 Å². The molecule has 70 valence electrons. The van der Waals surface area contributed by atoms with E-state index in [9.17, 15) is 4.79 Å². The van der Waals surface area contributed by atoms with Crippen LogP contribution in [0.4, 0.5) is 0 Å². The lowest BCUT2D eigenvalue weighted by molar-refractivity contribution is -0.445. The molecule has 3 nitrogen and oxygen atoms in total. The molecular weight excluding hydrogens is 154 g/mol. The Hall–Kier alpha value is -0.700. The lowest BCUT2D eigenvalue weighted by atomic mass is 10.3. The van der Waals surface area contributed by atoms with Crippen LogP contribution in [0.2, 0.25) is 0 Å². The lowest BCUT2D eigenvalue weighted by Gasteiger charge is -1.98. The van der Waals surface area contributed by atoms with Gasteiger partial charge in [-0.25, -0.2) is 4.79 Å². The van der Waals surface area contributed by atoms with Crippen molar-refractivity contribution in [1.29, 1.82) is 0 Å². The smallest absolute Gasteiger partial charge is 0.375 e. The van der Waals surface area contributed by atoms with Crippen LogP contribution in [0.15, 0.2) is 0 Å². The highest BCUT2D eigenvalue weighted by Crippen LogP contribution is 1.90. The highest BCUT2D eigenvalue weighted by atomic mass is 16.5. The first kappa shape index (κ1) is 11.3. The van der Waals surface area contributed by atoms with Gasteiger partial charge in [-0.05, 0) is 13.3 Å². The van der Waals surface area contributed by atoms with E-state index in [1.165, 1.54) is 4.58 Å². The van der Waals surface area contributed by atoms with Crippen LogP contribution in [0, 0.1) is 0 Å². The third-order valence-corrected chi connectivity index (χ3v) is 1.53. The first-order chi connectivity index (χ1) is 5.72. The van der Waals surface area contributed by atoms with Crippen molar-refractivity contribution in [2.75, 3.05) is 19.8 Å². The van der Waals surface area contributed by atoms with Crippen molar-refractivity contribution < 1.29 is 14.1 Å². The quantitative estimate of drug-likeness (QED) is 0.340. The zero-order valence-corrected chi connectivity index (χ0v) is 8.01. The third-order valence-electron chi connectivity index (χ3n) is 1.53. The Morgan fingerprint density at radius 2 is 2.17 bits per heavy atom. The van der Waals surface area contributed by atoms with Crippen LogP contribution >= 0.6 is 0 Å². The third kappa shape index (κ3) is 5.02. The number of carbonyl (C=O) groups is 1. The minimum atomic E-state index is 0.0946. The molecule has 0 rings (SSSR count). The van der Waals surface area contributed by atoms with Crippen molar-refractivity contribution in [1.82, 2.24) is 0 Å². The molecule has 0 aliphatic rings. The van der Waals surface area contributed by atoms with Crippen molar-refractivity contribution in [3.63, 3.8) is 0 Å². The lowest BCUT2D eigenvalue weighted by Crippen LogP contribution is -2.22. The number of amides is 1. The van der Waals surface area contributed by atoms with Crippen molar-refractivity contribution in [2.24, 2.45) is 0 Å². The van der Waals surface area contributed by atoms with E-state index in [0.29, 0.717) is 26.2 Å². The summed E-state index contributed by atoms with van der Waals surface area (Å²) in [7, 11) is 0. The van der Waals surface area contributed by atoms with Crippen LogP contribution in [-0.2, 0) is 9.53 Å². The Balaban J connectivity index is 3.50. The van der Waals surface area contributed by atoms with Crippen LogP contribution in [0.3, 0.4) is 0 Å². The van der Waals surface area contributed by atoms with Gasteiger partial charge in [0.2, 0.25) is 0 Å². The maximum absolute atomic E-state index is 11.1. The summed E-state index contributed by atoms with van der Waals surface area (Å²) in [6, 6.07) is 0. The maximum Gasteiger partial charge on any atom is 0.386 e. The molecule has 0 aromatic carbocycles. The van der Waals surface area contributed by atoms with Crippen molar-refractivity contribution in [2.45, 2.75) is 26.7 Å². The van der Waals surface area contributed by atoms with Gasteiger partial charge in [0.1, 0.15) is 13.3 Å². The molecule has 0 fully saturated rings. The second-order valence-corrected chi connectivity index (χ2v) is 2.60. The van der Waals surface area contributed by atoms with Crippen molar-refractivity contribution in [3.05, 3.63) is 0 Å². The first-order valence-corrected chi connectivity index (χ1v) is 4.41. The van der Waals surface area contributed by atoms with Crippen LogP contribution in [0.1, 0.15) is 26.7 Å². The van der Waals surface area contributed by atoms with Crippen LogP contribution in [0.5, 0.6) is 0 Å². The monoisotopic (exact) mass is 172 g/mol. The van der Waals surface area contributed by atoms with Gasteiger partial charge in [-0.1, -0.05) is 6.92 Å². The number of hydrogen-bond donors (Lipinski definition) is 0. The fourth-order valence-corrected chi connectivity index (χ4v) is 0.816. The van der Waals surface area contributed by atoms with E-state index in [1.54, 1.807) is 0 Å². The average molecular weight is 172 g/mol. The van der Waals surface area contributed by atoms with E-state index in [2.05, 4.69) is 6.72 Å². The molecule has 3 heteroatoms. The van der Waals surface area contributed by atoms with E-state index < -0.39 is 0 Å². The highest BCUT2D eigenvalue weighted by molar-refractivity contribution is 5.68. The summed E-state index contributed by atoms with van der Waals surface area (Å²) in [5.41, 5.74) is 0. The average Bonchev–Trinajstić information content (AvgIpc) is 2.05. The Bertz CT molecular complexity index is 155. The first-order valence-electron chi connectivity index (χ1n) is 4.41. The second kappa shape index (κ2) is 6.98. The van der Waals surface area contributed by atoms with Crippen LogP contribution in [0.25, 0.3) is 0 Å². The van der Waals surface area contributed by atoms with Gasteiger partial charge >= 0.3 is 5.91 Å². The fourth-order valence-electron chi connectivity index (χ4n) is 0.816. The summed E-state index contributed by atoms with van der Waals surface area (Å²) in [4.78, 5) is 11.1. The van der Waals surface area contributed by atoms with Gasteiger partial charge in [-0.3, -0.25) is 0 Å². The molecule has 0 aliphatic heterocycles. The molecule has 0 saturated heterocycles. The van der Waals surface area contributed by atoms with Gasteiger partial charge in [0, 0.05) is 6.61 Å². The maximum atomic E-state index is 11.1. The molecule has 0 aromatic rings. The minimum Gasteiger partial charge on any atom is -0.375 e. The predicted octanol–water partition coefficient (Wildman–Crippen LogP) is 1.06. The summed E-state index contributed by atoms with van der Waals surface area (Å²) < 4.78 is 6.57. The second-order valence-electron chi connectivity index (χ2n) is 2.60. The Morgan fingerprint density at radius 1 is 1.50 bits per heavy atom. The predicted molar refractivity (Wildman–Crippen MR) is 48.7 cm³/mol. The number of ether oxygens (including phenoxy) is 1. The molecule has 0 spiro atoms. The van der Waals surface area contributed by atoms with E-state index >= 15 is 0 Å². The van der Waals surface area contributed by atoms with Crippen LogP contribution in [-0.4, -0.2) is 37.0 Å². The molecule has 0 bridgehead atoms. The zero-order valence-electron chi connectivity index (χ0n) is 8.01. The molecule has 1 amide bonds. The van der Waals surface area contributed by atoms with Gasteiger partial charge < -0.3 is 4.74 Å². The Morgan fingerprint density at radius 3 is 2.67 bits per heavy atom. The highest BCUT2D eigenvalue weighted by Gasteiger charge is 2.11. The summed E-state index contributed by atoms with van der Waals surface area (Å²) in [6.07, 6.45) is 1.45. The molecule has 0 atom stereocenters. The Labute approximate surface area is 74.0 Å². The molecule has 0 N–H and O–H groups in total. The van der Waals surface area contributed by atoms with Gasteiger partial charge in [-0.15, -0.1) is 0 Å². The molecule has 0 aromatic heterocycles. The molecule has 12 heavy (non-hydrogen) atoms. The normalized spacial score (nSPS) is 9.83. The molecular formula is C9H18NO2+. The number of carbonyl (C=O) groups excluding carboxylic acids is 1. The summed E-state index contributed by atoms with van der Waals surface area (Å²) in [6.45, 7) is 9.40. The van der Waals surface area contributed by atoms with Crippen molar-refractivity contribution >= 4 is 12.6 Å². The summed E-state index contributed by atoms with van der Waals surface area (Å²) in [5, 5.41) is 0. The standard InChI is InChI=1S/C9H18NO2/c1-4-6-9(11)10(3)7-8-12-5-2/h3-8H2,1-2H3/q+1. The molecule has 0 unspecified atom stereocenters. The molecule has 0 aliphatic carbocycles. The van der Waals surface area contributed by atoms with Crippen LogP contribution < -0.4 is 0 Å². The number of rotatable bonds is 6. The van der Waals surface area contributed by atoms with E-state index in [0.717, 1.165) is 6.42 Å². The van der Waals surface area contributed by atoms with E-state index in [4.69, 9.17) is 4.74 Å². The van der Waals surface area contributed by atoms with E-state index in [1.807, 2.05) is 13.8 Å². The van der Waals surface area contributed by atoms with Gasteiger partial charge in [0.15, 0.2) is 6.54 Å². The number of hydrogen-bond acceptors (Lipinski definition) is 2. The fraction of sp³-hybridized carbons (Fsp3) is 0.778. The molecule has 0 radical (unpaired) electrons. The largest absolute Gasteiger partial charge is 0.386 e. The van der Waals surface area contributed by atoms with Gasteiger partial charge in [0.05, 0.1) is 6.42 Å². The summed E-state index contributed by atoms with van der Waals surface area (Å²) in [5.74, 6) is 0.0946. The number of nitrogens with zero attached hydrogens (tertiary/aromatic N) is 1. The summed E-state index contributed by atoms with van der Waals surface area (Å²) >= 11 is 0.